The van der Waals surface area contributed by atoms with Gasteiger partial charge in [0, 0.05) is 48.1 Å². The molecule has 6 heteroatoms. The molecule has 0 bridgehead atoms. The summed E-state index contributed by atoms with van der Waals surface area (Å²) in [6, 6.07) is 16.3. The predicted octanol–water partition coefficient (Wildman–Crippen LogP) is 8.37. The number of imidazole rings is 1. The summed E-state index contributed by atoms with van der Waals surface area (Å²) in [5.41, 5.74) is 6.06. The van der Waals surface area contributed by atoms with Crippen molar-refractivity contribution in [3.05, 3.63) is 108 Å². The number of rotatable bonds is 7. The summed E-state index contributed by atoms with van der Waals surface area (Å²) in [6.07, 6.45) is 11.6. The molecule has 1 aromatic carbocycles. The number of aryl methyl sites for hydroxylation is 1. The van der Waals surface area contributed by atoms with Gasteiger partial charge in [-0.05, 0) is 55.3 Å². The van der Waals surface area contributed by atoms with E-state index in [1.165, 1.54) is 11.8 Å². The summed E-state index contributed by atoms with van der Waals surface area (Å²) in [6.45, 7) is 16.9. The second kappa shape index (κ2) is 17.0. The maximum Gasteiger partial charge on any atom is 0.139 e. The van der Waals surface area contributed by atoms with E-state index >= 15 is 0 Å². The molecular weight excluding hydrogens is 466 g/mol. The van der Waals surface area contributed by atoms with Crippen LogP contribution in [0.2, 0.25) is 5.02 Å². The monoisotopic (exact) mass is 505 g/mol. The van der Waals surface area contributed by atoms with Gasteiger partial charge in [-0.25, -0.2) is 4.98 Å². The smallest absolute Gasteiger partial charge is 0.139 e. The number of hydrogen-bond acceptors (Lipinski definition) is 3. The molecule has 192 valence electrons. The Labute approximate surface area is 221 Å². The average Bonchev–Trinajstić information content (AvgIpc) is 3.59. The Morgan fingerprint density at radius 1 is 1.06 bits per heavy atom. The van der Waals surface area contributed by atoms with Crippen LogP contribution in [-0.2, 0) is 13.0 Å². The van der Waals surface area contributed by atoms with Crippen LogP contribution in [0, 0.1) is 5.41 Å². The standard InChI is InChI=1S/C22H21ClN4.C4H7N.2C2H6/c1-3-20-22(27-13-10-18(23)14-21(27)25-20)16(2)24-15-17-6-8-19(9-7-17)26-11-4-5-12-26;1-2-3-4-5;2*1-2/h4-14,24H,2-3,15H2,1H3;2-5H,1H3;2*1-2H3/b;3-2+,5-4?;;. The minimum Gasteiger partial charge on any atom is -0.380 e. The van der Waals surface area contributed by atoms with Crippen molar-refractivity contribution in [2.45, 2.75) is 54.5 Å². The number of hydrogen-bond donors (Lipinski definition) is 2. The molecule has 3 aromatic heterocycles. The highest BCUT2D eigenvalue weighted by Gasteiger charge is 2.14. The molecule has 0 saturated heterocycles. The number of fused-ring (bicyclic) bond motifs is 1. The van der Waals surface area contributed by atoms with Crippen LogP contribution >= 0.6 is 11.6 Å². The van der Waals surface area contributed by atoms with Crippen LogP contribution in [0.1, 0.15) is 58.5 Å². The molecule has 2 N–H and O–H groups in total. The van der Waals surface area contributed by atoms with Gasteiger partial charge in [-0.15, -0.1) is 0 Å². The van der Waals surface area contributed by atoms with Crippen LogP contribution in [-0.4, -0.2) is 20.2 Å². The van der Waals surface area contributed by atoms with E-state index in [9.17, 15) is 0 Å². The predicted molar refractivity (Wildman–Crippen MR) is 158 cm³/mol. The fourth-order valence-electron chi connectivity index (χ4n) is 3.32. The van der Waals surface area contributed by atoms with Gasteiger partial charge in [0.1, 0.15) is 5.65 Å². The van der Waals surface area contributed by atoms with E-state index in [0.29, 0.717) is 11.6 Å². The summed E-state index contributed by atoms with van der Waals surface area (Å²) in [7, 11) is 0. The van der Waals surface area contributed by atoms with Gasteiger partial charge >= 0.3 is 0 Å². The number of aromatic nitrogens is 3. The van der Waals surface area contributed by atoms with E-state index in [1.807, 2.05) is 88.0 Å². The largest absolute Gasteiger partial charge is 0.380 e. The fourth-order valence-corrected chi connectivity index (χ4v) is 3.47. The molecule has 4 aromatic rings. The zero-order chi connectivity index (χ0) is 26.9. The Bertz CT molecular complexity index is 1200. The third-order valence-corrected chi connectivity index (χ3v) is 5.15. The SMILES string of the molecule is C/C=C/C=N.C=C(NCc1ccc(-n2cccc2)cc1)c1c(CC)nc2cc(Cl)ccn12.CC.CC. The van der Waals surface area contributed by atoms with Crippen LogP contribution in [0.3, 0.4) is 0 Å². The summed E-state index contributed by atoms with van der Waals surface area (Å²) in [5, 5.41) is 10.5. The van der Waals surface area contributed by atoms with Gasteiger partial charge < -0.3 is 15.3 Å². The summed E-state index contributed by atoms with van der Waals surface area (Å²) < 4.78 is 4.13. The molecule has 0 aliphatic carbocycles. The van der Waals surface area contributed by atoms with Crippen LogP contribution < -0.4 is 5.32 Å². The Morgan fingerprint density at radius 2 is 1.69 bits per heavy atom. The van der Waals surface area contributed by atoms with Crippen LogP contribution in [0.15, 0.2) is 85.9 Å². The zero-order valence-corrected chi connectivity index (χ0v) is 23.2. The molecular formula is C30H40ClN5. The molecule has 0 radical (unpaired) electrons. The normalized spacial score (nSPS) is 9.86. The Hall–Kier alpha value is -3.57. The van der Waals surface area contributed by atoms with Crippen molar-refractivity contribution < 1.29 is 0 Å². The topological polar surface area (TPSA) is 58.1 Å². The maximum absolute atomic E-state index is 6.39. The molecule has 0 spiro atoms. The van der Waals surface area contributed by atoms with Crippen molar-refractivity contribution in [1.29, 1.82) is 5.41 Å². The van der Waals surface area contributed by atoms with E-state index in [1.54, 1.807) is 6.08 Å². The van der Waals surface area contributed by atoms with E-state index in [0.717, 1.165) is 34.8 Å². The molecule has 0 aliphatic heterocycles. The van der Waals surface area contributed by atoms with Crippen LogP contribution in [0.4, 0.5) is 0 Å². The highest BCUT2D eigenvalue weighted by Crippen LogP contribution is 2.22. The first-order valence-electron chi connectivity index (χ1n) is 12.5. The lowest BCUT2D eigenvalue weighted by Crippen LogP contribution is -2.13. The van der Waals surface area contributed by atoms with Gasteiger partial charge in [0.15, 0.2) is 0 Å². The van der Waals surface area contributed by atoms with Crippen molar-refractivity contribution in [2.24, 2.45) is 0 Å². The number of benzene rings is 1. The minimum atomic E-state index is 0.683. The fraction of sp³-hybridized carbons (Fsp3) is 0.267. The lowest BCUT2D eigenvalue weighted by molar-refractivity contribution is 0.875. The van der Waals surface area contributed by atoms with E-state index in [-0.39, 0.29) is 0 Å². The number of nitrogens with zero attached hydrogens (tertiary/aromatic N) is 3. The quantitative estimate of drug-likeness (QED) is 0.248. The summed E-state index contributed by atoms with van der Waals surface area (Å²) >= 11 is 6.10. The molecule has 0 fully saturated rings. The maximum atomic E-state index is 6.39. The van der Waals surface area contributed by atoms with Crippen molar-refractivity contribution in [2.75, 3.05) is 0 Å². The van der Waals surface area contributed by atoms with Crippen LogP contribution in [0.25, 0.3) is 17.0 Å². The number of allylic oxidation sites excluding steroid dienone is 2. The number of halogens is 1. The molecule has 0 saturated carbocycles. The second-order valence-corrected chi connectivity index (χ2v) is 7.55. The molecule has 4 rings (SSSR count). The molecule has 36 heavy (non-hydrogen) atoms. The van der Waals surface area contributed by atoms with Crippen molar-refractivity contribution >= 4 is 29.2 Å². The highest BCUT2D eigenvalue weighted by molar-refractivity contribution is 6.30. The first-order chi connectivity index (χ1) is 17.6. The Kier molecular flexibility index (Phi) is 14.3. The molecule has 0 amide bonds. The first kappa shape index (κ1) is 30.5. The summed E-state index contributed by atoms with van der Waals surface area (Å²) in [5.74, 6) is 0. The van der Waals surface area contributed by atoms with Gasteiger partial charge in [0.2, 0.25) is 0 Å². The van der Waals surface area contributed by atoms with Crippen molar-refractivity contribution in [1.82, 2.24) is 19.3 Å². The molecule has 0 atom stereocenters. The van der Waals surface area contributed by atoms with Gasteiger partial charge in [-0.3, -0.25) is 4.40 Å². The van der Waals surface area contributed by atoms with Crippen molar-refractivity contribution in [3.8, 4) is 5.69 Å². The molecule has 5 nitrogen and oxygen atoms in total. The lowest BCUT2D eigenvalue weighted by Gasteiger charge is -2.12. The summed E-state index contributed by atoms with van der Waals surface area (Å²) in [4.78, 5) is 4.68. The minimum absolute atomic E-state index is 0.683. The number of nitrogens with one attached hydrogen (secondary N) is 2. The van der Waals surface area contributed by atoms with E-state index in [4.69, 9.17) is 17.0 Å². The molecule has 0 unspecified atom stereocenters. The molecule has 0 aliphatic rings. The third-order valence-electron chi connectivity index (χ3n) is 4.91. The Morgan fingerprint density at radius 3 is 2.22 bits per heavy atom. The first-order valence-corrected chi connectivity index (χ1v) is 12.9. The number of pyridine rings is 1. The van der Waals surface area contributed by atoms with Crippen LogP contribution in [0.5, 0.6) is 0 Å². The Balaban J connectivity index is 0.000000634. The van der Waals surface area contributed by atoms with Gasteiger partial charge in [0.25, 0.3) is 0 Å². The lowest BCUT2D eigenvalue weighted by atomic mass is 10.2. The van der Waals surface area contributed by atoms with Gasteiger partial charge in [-0.2, -0.15) is 0 Å². The van der Waals surface area contributed by atoms with E-state index in [2.05, 4.69) is 52.6 Å². The zero-order valence-electron chi connectivity index (χ0n) is 22.4. The van der Waals surface area contributed by atoms with Gasteiger partial charge in [0.05, 0.1) is 17.1 Å². The van der Waals surface area contributed by atoms with Crippen molar-refractivity contribution in [3.63, 3.8) is 0 Å². The van der Waals surface area contributed by atoms with E-state index < -0.39 is 0 Å². The van der Waals surface area contributed by atoms with Gasteiger partial charge in [-0.1, -0.05) is 71.0 Å². The molecule has 3 heterocycles. The average molecular weight is 506 g/mol. The highest BCUT2D eigenvalue weighted by atomic mass is 35.5. The second-order valence-electron chi connectivity index (χ2n) is 7.12. The third kappa shape index (κ3) is 8.58.